The monoisotopic (exact) mass is 243 g/mol. The molecule has 0 aliphatic heterocycles. The van der Waals surface area contributed by atoms with Gasteiger partial charge in [0.25, 0.3) is 0 Å². The molecule has 18 heavy (non-hydrogen) atoms. The van der Waals surface area contributed by atoms with Crippen LogP contribution in [-0.2, 0) is 13.5 Å². The van der Waals surface area contributed by atoms with Gasteiger partial charge in [0.15, 0.2) is 5.78 Å². The lowest BCUT2D eigenvalue weighted by molar-refractivity contribution is 0.0990. The highest BCUT2D eigenvalue weighted by Crippen LogP contribution is 2.15. The Morgan fingerprint density at radius 1 is 1.39 bits per heavy atom. The molecule has 1 aromatic carbocycles. The average Bonchev–Trinajstić information content (AvgIpc) is 2.75. The number of rotatable bonds is 4. The highest BCUT2D eigenvalue weighted by atomic mass is 16.1. The summed E-state index contributed by atoms with van der Waals surface area (Å²) in [4.78, 5) is 18.3. The van der Waals surface area contributed by atoms with Crippen molar-refractivity contribution in [1.82, 2.24) is 9.55 Å². The predicted molar refractivity (Wildman–Crippen MR) is 72.0 cm³/mol. The van der Waals surface area contributed by atoms with E-state index < -0.39 is 0 Å². The van der Waals surface area contributed by atoms with Crippen LogP contribution in [0, 0.1) is 0 Å². The SMILES string of the molecule is CN(C)c1cccc(C(=O)Cc2nccn2C)c1. The van der Waals surface area contributed by atoms with Gasteiger partial charge in [-0.05, 0) is 12.1 Å². The molecule has 0 fully saturated rings. The van der Waals surface area contributed by atoms with Crippen molar-refractivity contribution < 1.29 is 4.79 Å². The van der Waals surface area contributed by atoms with Crippen molar-refractivity contribution in [2.45, 2.75) is 6.42 Å². The molecule has 0 saturated heterocycles. The van der Waals surface area contributed by atoms with E-state index in [0.717, 1.165) is 17.1 Å². The smallest absolute Gasteiger partial charge is 0.170 e. The van der Waals surface area contributed by atoms with Gasteiger partial charge in [-0.25, -0.2) is 4.98 Å². The number of imidazole rings is 1. The van der Waals surface area contributed by atoms with Gasteiger partial charge in [0, 0.05) is 44.8 Å². The van der Waals surface area contributed by atoms with Gasteiger partial charge in [0.05, 0.1) is 6.42 Å². The average molecular weight is 243 g/mol. The summed E-state index contributed by atoms with van der Waals surface area (Å²) in [5, 5.41) is 0. The van der Waals surface area contributed by atoms with E-state index >= 15 is 0 Å². The van der Waals surface area contributed by atoms with E-state index in [2.05, 4.69) is 4.98 Å². The number of aryl methyl sites for hydroxylation is 1. The summed E-state index contributed by atoms with van der Waals surface area (Å²) >= 11 is 0. The Bertz CT molecular complexity index is 558. The van der Waals surface area contributed by atoms with Crippen molar-refractivity contribution in [2.24, 2.45) is 7.05 Å². The predicted octanol–water partition coefficient (Wildman–Crippen LogP) is 1.91. The first-order valence-electron chi connectivity index (χ1n) is 5.84. The van der Waals surface area contributed by atoms with Crippen molar-refractivity contribution in [3.05, 3.63) is 48.0 Å². The molecule has 2 aromatic rings. The summed E-state index contributed by atoms with van der Waals surface area (Å²) in [6.07, 6.45) is 3.89. The van der Waals surface area contributed by atoms with E-state index in [0.29, 0.717) is 6.42 Å². The first-order valence-corrected chi connectivity index (χ1v) is 5.84. The molecular formula is C14H17N3O. The molecule has 0 aliphatic carbocycles. The molecule has 94 valence electrons. The summed E-state index contributed by atoms with van der Waals surface area (Å²) in [5.41, 5.74) is 1.75. The third-order valence-corrected chi connectivity index (χ3v) is 2.92. The maximum atomic E-state index is 12.2. The summed E-state index contributed by atoms with van der Waals surface area (Å²) in [7, 11) is 5.82. The van der Waals surface area contributed by atoms with E-state index in [1.54, 1.807) is 6.20 Å². The van der Waals surface area contributed by atoms with Gasteiger partial charge in [0.2, 0.25) is 0 Å². The van der Waals surface area contributed by atoms with Crippen LogP contribution in [0.4, 0.5) is 5.69 Å². The highest BCUT2D eigenvalue weighted by molar-refractivity contribution is 5.97. The molecule has 0 bridgehead atoms. The van der Waals surface area contributed by atoms with Crippen LogP contribution in [0.2, 0.25) is 0 Å². The van der Waals surface area contributed by atoms with Gasteiger partial charge >= 0.3 is 0 Å². The standard InChI is InChI=1S/C14H17N3O/c1-16(2)12-6-4-5-11(9-12)13(18)10-14-15-7-8-17(14)3/h4-9H,10H2,1-3H3. The number of benzene rings is 1. The van der Waals surface area contributed by atoms with Gasteiger partial charge in [-0.2, -0.15) is 0 Å². The minimum atomic E-state index is 0.0907. The van der Waals surface area contributed by atoms with Crippen LogP contribution < -0.4 is 4.90 Å². The van der Waals surface area contributed by atoms with Gasteiger partial charge in [-0.15, -0.1) is 0 Å². The van der Waals surface area contributed by atoms with Crippen molar-refractivity contribution >= 4 is 11.5 Å². The number of nitrogens with zero attached hydrogens (tertiary/aromatic N) is 3. The summed E-state index contributed by atoms with van der Waals surface area (Å²) in [6.45, 7) is 0. The molecule has 0 saturated carbocycles. The topological polar surface area (TPSA) is 38.1 Å². The molecular weight excluding hydrogens is 226 g/mol. The van der Waals surface area contributed by atoms with E-state index in [1.165, 1.54) is 0 Å². The van der Waals surface area contributed by atoms with E-state index in [1.807, 2.05) is 61.1 Å². The lowest BCUT2D eigenvalue weighted by Crippen LogP contribution is -2.11. The Morgan fingerprint density at radius 3 is 2.78 bits per heavy atom. The number of aromatic nitrogens is 2. The maximum Gasteiger partial charge on any atom is 0.170 e. The fourth-order valence-electron chi connectivity index (χ4n) is 1.77. The second-order valence-corrected chi connectivity index (χ2v) is 4.50. The van der Waals surface area contributed by atoms with Gasteiger partial charge in [-0.3, -0.25) is 4.79 Å². The molecule has 0 aliphatic rings. The molecule has 1 aromatic heterocycles. The number of ketones is 1. The molecule has 0 spiro atoms. The van der Waals surface area contributed by atoms with Crippen molar-refractivity contribution in [3.8, 4) is 0 Å². The number of hydrogen-bond donors (Lipinski definition) is 0. The fraction of sp³-hybridized carbons (Fsp3) is 0.286. The molecule has 0 unspecified atom stereocenters. The number of carbonyl (C=O) groups is 1. The first kappa shape index (κ1) is 12.4. The lowest BCUT2D eigenvalue weighted by atomic mass is 10.1. The lowest BCUT2D eigenvalue weighted by Gasteiger charge is -2.13. The van der Waals surface area contributed by atoms with Crippen molar-refractivity contribution in [3.63, 3.8) is 0 Å². The van der Waals surface area contributed by atoms with Crippen LogP contribution in [0.5, 0.6) is 0 Å². The first-order chi connectivity index (χ1) is 8.58. The molecule has 0 N–H and O–H groups in total. The van der Waals surface area contributed by atoms with Crippen LogP contribution in [0.1, 0.15) is 16.2 Å². The quantitative estimate of drug-likeness (QED) is 0.770. The van der Waals surface area contributed by atoms with E-state index in [4.69, 9.17) is 0 Å². The largest absolute Gasteiger partial charge is 0.378 e. The van der Waals surface area contributed by atoms with Crippen LogP contribution in [0.15, 0.2) is 36.7 Å². The zero-order valence-electron chi connectivity index (χ0n) is 10.9. The second kappa shape index (κ2) is 5.04. The Labute approximate surface area is 107 Å². The number of Topliss-reactive ketones (excluding diaryl/α,β-unsaturated/α-hetero) is 1. The van der Waals surface area contributed by atoms with Crippen LogP contribution >= 0.6 is 0 Å². The molecule has 0 radical (unpaired) electrons. The minimum absolute atomic E-state index is 0.0907. The number of hydrogen-bond acceptors (Lipinski definition) is 3. The van der Waals surface area contributed by atoms with Gasteiger partial charge in [0.1, 0.15) is 5.82 Å². The highest BCUT2D eigenvalue weighted by Gasteiger charge is 2.10. The Morgan fingerprint density at radius 2 is 2.17 bits per heavy atom. The van der Waals surface area contributed by atoms with Crippen molar-refractivity contribution in [2.75, 3.05) is 19.0 Å². The van der Waals surface area contributed by atoms with Gasteiger partial charge in [-0.1, -0.05) is 12.1 Å². The summed E-state index contributed by atoms with van der Waals surface area (Å²) in [5.74, 6) is 0.878. The summed E-state index contributed by atoms with van der Waals surface area (Å²) < 4.78 is 1.87. The van der Waals surface area contributed by atoms with E-state index in [-0.39, 0.29) is 5.78 Å². The minimum Gasteiger partial charge on any atom is -0.378 e. The molecule has 0 amide bonds. The molecule has 0 atom stereocenters. The number of anilines is 1. The molecule has 1 heterocycles. The number of carbonyl (C=O) groups excluding carboxylic acids is 1. The van der Waals surface area contributed by atoms with Crippen LogP contribution in [0.25, 0.3) is 0 Å². The van der Waals surface area contributed by atoms with Gasteiger partial charge < -0.3 is 9.47 Å². The molecule has 2 rings (SSSR count). The van der Waals surface area contributed by atoms with Crippen LogP contribution in [-0.4, -0.2) is 29.4 Å². The maximum absolute atomic E-state index is 12.2. The fourth-order valence-corrected chi connectivity index (χ4v) is 1.77. The Balaban J connectivity index is 2.19. The third kappa shape index (κ3) is 2.59. The van der Waals surface area contributed by atoms with Crippen LogP contribution in [0.3, 0.4) is 0 Å². The molecule has 4 nitrogen and oxygen atoms in total. The second-order valence-electron chi connectivity index (χ2n) is 4.50. The Kier molecular flexibility index (Phi) is 3.46. The van der Waals surface area contributed by atoms with E-state index in [9.17, 15) is 4.79 Å². The summed E-state index contributed by atoms with van der Waals surface area (Å²) in [6, 6.07) is 7.64. The zero-order chi connectivity index (χ0) is 13.1. The van der Waals surface area contributed by atoms with Crippen molar-refractivity contribution in [1.29, 1.82) is 0 Å². The Hall–Kier alpha value is -2.10. The zero-order valence-corrected chi connectivity index (χ0v) is 10.9. The third-order valence-electron chi connectivity index (χ3n) is 2.92. The molecule has 4 heteroatoms. The normalized spacial score (nSPS) is 10.4.